The van der Waals surface area contributed by atoms with E-state index in [1.807, 2.05) is 10.6 Å². The van der Waals surface area contributed by atoms with Gasteiger partial charge in [0.25, 0.3) is 5.56 Å². The highest BCUT2D eigenvalue weighted by Crippen LogP contribution is 2.34. The zero-order valence-electron chi connectivity index (χ0n) is 10.1. The Kier molecular flexibility index (Phi) is 2.70. The van der Waals surface area contributed by atoms with Crippen LogP contribution >= 0.6 is 0 Å². The van der Waals surface area contributed by atoms with E-state index in [2.05, 4.69) is 0 Å². The summed E-state index contributed by atoms with van der Waals surface area (Å²) >= 11 is 0. The fourth-order valence-corrected chi connectivity index (χ4v) is 3.20. The molecule has 0 saturated carbocycles. The molecule has 0 aromatic carbocycles. The monoisotopic (exact) mass is 248 g/mol. The van der Waals surface area contributed by atoms with Crippen LogP contribution in [0.3, 0.4) is 0 Å². The Bertz CT molecular complexity index is 537. The molecule has 18 heavy (non-hydrogen) atoms. The molecule has 1 saturated heterocycles. The summed E-state index contributed by atoms with van der Waals surface area (Å²) in [5.41, 5.74) is 1.07. The van der Waals surface area contributed by atoms with Crippen LogP contribution < -0.4 is 5.56 Å². The predicted octanol–water partition coefficient (Wildman–Crippen LogP) is -0.214. The smallest absolute Gasteiger partial charge is 0.250 e. The molecule has 5 nitrogen and oxygen atoms in total. The first-order chi connectivity index (χ1) is 8.69. The van der Waals surface area contributed by atoms with Crippen molar-refractivity contribution in [3.63, 3.8) is 0 Å². The van der Waals surface area contributed by atoms with Gasteiger partial charge in [-0.05, 0) is 18.4 Å². The zero-order valence-corrected chi connectivity index (χ0v) is 10.1. The van der Waals surface area contributed by atoms with Crippen molar-refractivity contribution in [3.05, 3.63) is 34.2 Å². The molecule has 1 aromatic rings. The van der Waals surface area contributed by atoms with Gasteiger partial charge in [-0.1, -0.05) is 6.07 Å². The maximum absolute atomic E-state index is 11.8. The number of aromatic nitrogens is 1. The summed E-state index contributed by atoms with van der Waals surface area (Å²) in [6, 6.07) is 5.33. The van der Waals surface area contributed by atoms with Gasteiger partial charge in [-0.15, -0.1) is 0 Å². The molecule has 0 radical (unpaired) electrons. The number of aliphatic hydroxyl groups excluding tert-OH is 1. The quantitative estimate of drug-likeness (QED) is 0.748. The third-order valence-corrected chi connectivity index (χ3v) is 3.97. The van der Waals surface area contributed by atoms with Crippen LogP contribution in [-0.4, -0.2) is 40.2 Å². The Morgan fingerprint density at radius 2 is 2.17 bits per heavy atom. The number of fused-ring (bicyclic) bond motifs is 4. The minimum atomic E-state index is -0.430. The van der Waals surface area contributed by atoms with Crippen LogP contribution in [0.25, 0.3) is 0 Å². The number of hydrogen-bond acceptors (Lipinski definition) is 3. The lowest BCUT2D eigenvalue weighted by atomic mass is 9.83. The van der Waals surface area contributed by atoms with Crippen molar-refractivity contribution in [1.82, 2.24) is 9.47 Å². The molecule has 0 aliphatic carbocycles. The van der Waals surface area contributed by atoms with Crippen molar-refractivity contribution < 1.29 is 9.90 Å². The second kappa shape index (κ2) is 4.24. The normalized spacial score (nSPS) is 25.7. The van der Waals surface area contributed by atoms with Crippen molar-refractivity contribution in [2.75, 3.05) is 19.7 Å². The summed E-state index contributed by atoms with van der Waals surface area (Å²) in [7, 11) is 0. The second-order valence-electron chi connectivity index (χ2n) is 5.15. The lowest BCUT2D eigenvalue weighted by Crippen LogP contribution is -2.49. The summed E-state index contributed by atoms with van der Waals surface area (Å²) in [5, 5.41) is 8.94. The van der Waals surface area contributed by atoms with Crippen molar-refractivity contribution in [1.29, 1.82) is 0 Å². The highest BCUT2D eigenvalue weighted by molar-refractivity contribution is 5.77. The number of hydrogen-bond donors (Lipinski definition) is 1. The van der Waals surface area contributed by atoms with E-state index < -0.39 is 6.61 Å². The Morgan fingerprint density at radius 1 is 1.33 bits per heavy atom. The van der Waals surface area contributed by atoms with E-state index in [9.17, 15) is 9.59 Å². The standard InChI is InChI=1S/C13H16N2O3/c16-8-13(18)14-5-9-4-10(7-14)11-2-1-3-12(17)15(11)6-9/h1-3,9-10,16H,4-8H2. The summed E-state index contributed by atoms with van der Waals surface area (Å²) in [6.45, 7) is 1.51. The fourth-order valence-electron chi connectivity index (χ4n) is 3.20. The van der Waals surface area contributed by atoms with E-state index >= 15 is 0 Å². The molecule has 1 amide bonds. The Labute approximate surface area is 105 Å². The van der Waals surface area contributed by atoms with Gasteiger partial charge >= 0.3 is 0 Å². The molecule has 96 valence electrons. The molecule has 0 spiro atoms. The summed E-state index contributed by atoms with van der Waals surface area (Å²) in [4.78, 5) is 25.1. The van der Waals surface area contributed by atoms with Gasteiger partial charge < -0.3 is 14.6 Å². The molecule has 2 bridgehead atoms. The summed E-state index contributed by atoms with van der Waals surface area (Å²) in [5.74, 6) is 0.338. The number of carbonyl (C=O) groups excluding carboxylic acids is 1. The van der Waals surface area contributed by atoms with Crippen LogP contribution in [0.15, 0.2) is 23.0 Å². The molecule has 3 rings (SSSR count). The molecule has 1 aromatic heterocycles. The van der Waals surface area contributed by atoms with Gasteiger partial charge in [0.15, 0.2) is 0 Å². The number of rotatable bonds is 1. The van der Waals surface area contributed by atoms with Gasteiger partial charge in [0.2, 0.25) is 5.91 Å². The SMILES string of the molecule is O=C(CO)N1CC2CC(C1)c1cccc(=O)n1C2. The van der Waals surface area contributed by atoms with Crippen LogP contribution in [0.5, 0.6) is 0 Å². The average molecular weight is 248 g/mol. The lowest BCUT2D eigenvalue weighted by molar-refractivity contribution is -0.136. The van der Waals surface area contributed by atoms with Gasteiger partial charge in [-0.2, -0.15) is 0 Å². The number of pyridine rings is 1. The van der Waals surface area contributed by atoms with Crippen LogP contribution in [-0.2, 0) is 11.3 Å². The van der Waals surface area contributed by atoms with Gasteiger partial charge in [0.1, 0.15) is 6.61 Å². The Morgan fingerprint density at radius 3 is 2.94 bits per heavy atom. The number of nitrogens with zero attached hydrogens (tertiary/aromatic N) is 2. The fraction of sp³-hybridized carbons (Fsp3) is 0.538. The van der Waals surface area contributed by atoms with Gasteiger partial charge in [0, 0.05) is 37.3 Å². The highest BCUT2D eigenvalue weighted by atomic mass is 16.3. The van der Waals surface area contributed by atoms with E-state index in [4.69, 9.17) is 5.11 Å². The first kappa shape index (κ1) is 11.5. The average Bonchev–Trinajstić information content (AvgIpc) is 2.39. The maximum atomic E-state index is 11.8. The van der Waals surface area contributed by atoms with Crippen LogP contribution in [0.2, 0.25) is 0 Å². The number of likely N-dealkylation sites (tertiary alicyclic amines) is 1. The molecule has 5 heteroatoms. The van der Waals surface area contributed by atoms with Crippen molar-refractivity contribution in [2.24, 2.45) is 5.92 Å². The maximum Gasteiger partial charge on any atom is 0.250 e. The molecule has 2 aliphatic rings. The van der Waals surface area contributed by atoms with Crippen molar-refractivity contribution >= 4 is 5.91 Å². The summed E-state index contributed by atoms with van der Waals surface area (Å²) < 4.78 is 1.83. The molecule has 1 fully saturated rings. The van der Waals surface area contributed by atoms with E-state index in [0.717, 1.165) is 12.1 Å². The second-order valence-corrected chi connectivity index (χ2v) is 5.15. The first-order valence-electron chi connectivity index (χ1n) is 6.27. The molecule has 2 aliphatic heterocycles. The van der Waals surface area contributed by atoms with Gasteiger partial charge in [0.05, 0.1) is 0 Å². The van der Waals surface area contributed by atoms with Crippen LogP contribution in [0.4, 0.5) is 0 Å². The lowest BCUT2D eigenvalue weighted by Gasteiger charge is -2.42. The van der Waals surface area contributed by atoms with Crippen LogP contribution in [0, 0.1) is 5.92 Å². The molecular weight excluding hydrogens is 232 g/mol. The van der Waals surface area contributed by atoms with E-state index in [0.29, 0.717) is 25.6 Å². The minimum absolute atomic E-state index is 0.0455. The molecule has 2 atom stereocenters. The van der Waals surface area contributed by atoms with Crippen molar-refractivity contribution in [3.8, 4) is 0 Å². The van der Waals surface area contributed by atoms with E-state index in [-0.39, 0.29) is 17.4 Å². The number of piperidine rings is 1. The molecule has 2 unspecified atom stereocenters. The number of amides is 1. The Hall–Kier alpha value is -1.62. The highest BCUT2D eigenvalue weighted by Gasteiger charge is 2.35. The van der Waals surface area contributed by atoms with Crippen molar-refractivity contribution in [2.45, 2.75) is 18.9 Å². The zero-order chi connectivity index (χ0) is 12.7. The van der Waals surface area contributed by atoms with Gasteiger partial charge in [-0.3, -0.25) is 9.59 Å². The van der Waals surface area contributed by atoms with E-state index in [1.54, 1.807) is 17.0 Å². The molecule has 3 heterocycles. The first-order valence-corrected chi connectivity index (χ1v) is 6.27. The number of aliphatic hydroxyl groups is 1. The Balaban J connectivity index is 1.95. The largest absolute Gasteiger partial charge is 0.387 e. The molecule has 1 N–H and O–H groups in total. The third-order valence-electron chi connectivity index (χ3n) is 3.97. The predicted molar refractivity (Wildman–Crippen MR) is 65.2 cm³/mol. The summed E-state index contributed by atoms with van der Waals surface area (Å²) in [6.07, 6.45) is 1.03. The third kappa shape index (κ3) is 1.75. The number of carbonyl (C=O) groups is 1. The van der Waals surface area contributed by atoms with E-state index in [1.165, 1.54) is 0 Å². The topological polar surface area (TPSA) is 62.5 Å². The molecular formula is C13H16N2O3. The van der Waals surface area contributed by atoms with Crippen LogP contribution in [0.1, 0.15) is 18.0 Å². The minimum Gasteiger partial charge on any atom is -0.387 e. The van der Waals surface area contributed by atoms with Gasteiger partial charge in [-0.25, -0.2) is 0 Å².